The largest absolute Gasteiger partial charge is 0.492 e. The van der Waals surface area contributed by atoms with Crippen molar-refractivity contribution in [2.75, 3.05) is 13.2 Å². The predicted octanol–water partition coefficient (Wildman–Crippen LogP) is 2.88. The summed E-state index contributed by atoms with van der Waals surface area (Å²) in [5.74, 6) is 0.893. The number of ether oxygens (including phenoxy) is 1. The molecule has 0 bridgehead atoms. The molecule has 17 heavy (non-hydrogen) atoms. The van der Waals surface area contributed by atoms with Gasteiger partial charge in [-0.2, -0.15) is 0 Å². The van der Waals surface area contributed by atoms with Crippen molar-refractivity contribution in [2.24, 2.45) is 5.92 Å². The molecule has 94 valence electrons. The lowest BCUT2D eigenvalue weighted by Crippen LogP contribution is -2.32. The summed E-state index contributed by atoms with van der Waals surface area (Å²) in [6, 6.07) is 7.15. The Morgan fingerprint density at radius 3 is 2.65 bits per heavy atom. The second-order valence-corrected chi connectivity index (χ2v) is 4.34. The van der Waals surface area contributed by atoms with Gasteiger partial charge in [0, 0.05) is 10.9 Å². The van der Waals surface area contributed by atoms with E-state index < -0.39 is 0 Å². The Balaban J connectivity index is 2.20. The van der Waals surface area contributed by atoms with Crippen molar-refractivity contribution < 1.29 is 9.53 Å². The number of halogens is 1. The minimum Gasteiger partial charge on any atom is -0.492 e. The first-order valence-corrected chi connectivity index (χ1v) is 6.17. The average Bonchev–Trinajstić information content (AvgIpc) is 2.35. The zero-order chi connectivity index (χ0) is 12.7. The van der Waals surface area contributed by atoms with Crippen LogP contribution >= 0.6 is 11.6 Å². The van der Waals surface area contributed by atoms with Crippen LogP contribution in [0.25, 0.3) is 0 Å². The smallest absolute Gasteiger partial charge is 0.222 e. The lowest BCUT2D eigenvalue weighted by atomic mass is 10.1. The number of carbonyl (C=O) groups excluding carboxylic acids is 1. The quantitative estimate of drug-likeness (QED) is 0.794. The van der Waals surface area contributed by atoms with Gasteiger partial charge in [0.1, 0.15) is 12.4 Å². The van der Waals surface area contributed by atoms with Crippen LogP contribution in [0.5, 0.6) is 5.75 Å². The average molecular weight is 256 g/mol. The van der Waals surface area contributed by atoms with Crippen LogP contribution in [0.3, 0.4) is 0 Å². The number of hydrogen-bond donors (Lipinski definition) is 1. The molecule has 0 aliphatic rings. The molecule has 0 spiro atoms. The second kappa shape index (κ2) is 7.17. The van der Waals surface area contributed by atoms with Crippen LogP contribution in [0, 0.1) is 5.92 Å². The zero-order valence-electron chi connectivity index (χ0n) is 10.2. The Morgan fingerprint density at radius 2 is 2.06 bits per heavy atom. The molecule has 0 saturated heterocycles. The van der Waals surface area contributed by atoms with E-state index in [2.05, 4.69) is 5.32 Å². The number of nitrogens with one attached hydrogen (secondary N) is 1. The van der Waals surface area contributed by atoms with Gasteiger partial charge in [0.2, 0.25) is 5.91 Å². The summed E-state index contributed by atoms with van der Waals surface area (Å²) in [6.45, 7) is 4.89. The third-order valence-corrected chi connectivity index (χ3v) is 2.80. The Hall–Kier alpha value is -1.22. The highest BCUT2D eigenvalue weighted by molar-refractivity contribution is 6.30. The van der Waals surface area contributed by atoms with E-state index in [4.69, 9.17) is 16.3 Å². The van der Waals surface area contributed by atoms with E-state index >= 15 is 0 Å². The maximum atomic E-state index is 11.4. The van der Waals surface area contributed by atoms with Gasteiger partial charge < -0.3 is 10.1 Å². The summed E-state index contributed by atoms with van der Waals surface area (Å²) < 4.78 is 5.45. The van der Waals surface area contributed by atoms with Crippen molar-refractivity contribution >= 4 is 17.5 Å². The monoisotopic (exact) mass is 255 g/mol. The van der Waals surface area contributed by atoms with Gasteiger partial charge in [-0.25, -0.2) is 0 Å². The fourth-order valence-corrected chi connectivity index (χ4v) is 1.36. The summed E-state index contributed by atoms with van der Waals surface area (Å²) in [7, 11) is 0. The predicted molar refractivity (Wildman–Crippen MR) is 69.4 cm³/mol. The van der Waals surface area contributed by atoms with E-state index in [1.165, 1.54) is 0 Å². The van der Waals surface area contributed by atoms with Gasteiger partial charge in [0.25, 0.3) is 0 Å². The number of amides is 1. The van der Waals surface area contributed by atoms with E-state index in [1.807, 2.05) is 13.8 Å². The molecular weight excluding hydrogens is 238 g/mol. The standard InChI is InChI=1S/C13H18ClNO2/c1-3-10(2)13(16)15-8-9-17-12-6-4-11(14)5-7-12/h4-7,10H,3,8-9H2,1-2H3,(H,15,16). The zero-order valence-corrected chi connectivity index (χ0v) is 11.0. The van der Waals surface area contributed by atoms with E-state index in [0.717, 1.165) is 12.2 Å². The lowest BCUT2D eigenvalue weighted by Gasteiger charge is -2.10. The third kappa shape index (κ3) is 5.09. The number of benzene rings is 1. The van der Waals surface area contributed by atoms with Crippen LogP contribution in [-0.2, 0) is 4.79 Å². The summed E-state index contributed by atoms with van der Waals surface area (Å²) in [6.07, 6.45) is 0.851. The van der Waals surface area contributed by atoms with Gasteiger partial charge in [-0.05, 0) is 30.7 Å². The van der Waals surface area contributed by atoms with Crippen LogP contribution in [0.1, 0.15) is 20.3 Å². The van der Waals surface area contributed by atoms with Crippen molar-refractivity contribution in [2.45, 2.75) is 20.3 Å². The van der Waals surface area contributed by atoms with E-state index in [9.17, 15) is 4.79 Å². The number of hydrogen-bond acceptors (Lipinski definition) is 2. The molecule has 4 heteroatoms. The molecule has 0 radical (unpaired) electrons. The summed E-state index contributed by atoms with van der Waals surface area (Å²) >= 11 is 5.75. The molecule has 0 fully saturated rings. The van der Waals surface area contributed by atoms with Gasteiger partial charge in [-0.3, -0.25) is 4.79 Å². The van der Waals surface area contributed by atoms with Gasteiger partial charge in [-0.15, -0.1) is 0 Å². The van der Waals surface area contributed by atoms with Crippen molar-refractivity contribution in [1.82, 2.24) is 5.32 Å². The Kier molecular flexibility index (Phi) is 5.84. The Labute approximate surface area is 107 Å². The van der Waals surface area contributed by atoms with E-state index in [1.54, 1.807) is 24.3 Å². The lowest BCUT2D eigenvalue weighted by molar-refractivity contribution is -0.124. The van der Waals surface area contributed by atoms with Crippen LogP contribution in [0.2, 0.25) is 5.02 Å². The molecule has 0 aliphatic heterocycles. The highest BCUT2D eigenvalue weighted by atomic mass is 35.5. The Morgan fingerprint density at radius 1 is 1.41 bits per heavy atom. The van der Waals surface area contributed by atoms with Crippen molar-refractivity contribution in [3.63, 3.8) is 0 Å². The fraction of sp³-hybridized carbons (Fsp3) is 0.462. The molecule has 0 saturated carbocycles. The minimum atomic E-state index is 0.0607. The molecule has 3 nitrogen and oxygen atoms in total. The molecule has 1 atom stereocenters. The minimum absolute atomic E-state index is 0.0607. The topological polar surface area (TPSA) is 38.3 Å². The molecule has 1 aromatic rings. The molecule has 0 heterocycles. The first-order valence-electron chi connectivity index (χ1n) is 5.79. The van der Waals surface area contributed by atoms with Gasteiger partial charge in [0.15, 0.2) is 0 Å². The molecule has 1 amide bonds. The number of rotatable bonds is 6. The molecule has 0 aromatic heterocycles. The summed E-state index contributed by atoms with van der Waals surface area (Å²) in [5.41, 5.74) is 0. The Bertz CT molecular complexity index is 351. The maximum absolute atomic E-state index is 11.4. The molecule has 1 unspecified atom stereocenters. The number of carbonyl (C=O) groups is 1. The third-order valence-electron chi connectivity index (χ3n) is 2.54. The van der Waals surface area contributed by atoms with E-state index in [-0.39, 0.29) is 11.8 Å². The molecule has 1 N–H and O–H groups in total. The van der Waals surface area contributed by atoms with Crippen LogP contribution in [-0.4, -0.2) is 19.1 Å². The SMILES string of the molecule is CCC(C)C(=O)NCCOc1ccc(Cl)cc1. The van der Waals surface area contributed by atoms with Gasteiger partial charge in [-0.1, -0.05) is 25.4 Å². The summed E-state index contributed by atoms with van der Waals surface area (Å²) in [4.78, 5) is 11.4. The van der Waals surface area contributed by atoms with Gasteiger partial charge in [0.05, 0.1) is 6.54 Å². The highest BCUT2D eigenvalue weighted by Gasteiger charge is 2.08. The van der Waals surface area contributed by atoms with Crippen LogP contribution in [0.15, 0.2) is 24.3 Å². The molecule has 1 aromatic carbocycles. The molecule has 0 aliphatic carbocycles. The van der Waals surface area contributed by atoms with Crippen LogP contribution in [0.4, 0.5) is 0 Å². The van der Waals surface area contributed by atoms with Crippen molar-refractivity contribution in [3.8, 4) is 5.75 Å². The van der Waals surface area contributed by atoms with Crippen LogP contribution < -0.4 is 10.1 Å². The van der Waals surface area contributed by atoms with Gasteiger partial charge >= 0.3 is 0 Å². The normalized spacial score (nSPS) is 11.9. The first-order chi connectivity index (χ1) is 8.13. The van der Waals surface area contributed by atoms with Crippen molar-refractivity contribution in [1.29, 1.82) is 0 Å². The fourth-order valence-electron chi connectivity index (χ4n) is 1.23. The maximum Gasteiger partial charge on any atom is 0.222 e. The second-order valence-electron chi connectivity index (χ2n) is 3.90. The first kappa shape index (κ1) is 13.8. The van der Waals surface area contributed by atoms with E-state index in [0.29, 0.717) is 18.2 Å². The summed E-state index contributed by atoms with van der Waals surface area (Å²) in [5, 5.41) is 3.51. The molecule has 1 rings (SSSR count). The highest BCUT2D eigenvalue weighted by Crippen LogP contribution is 2.15. The molecular formula is C13H18ClNO2. The van der Waals surface area contributed by atoms with Crippen molar-refractivity contribution in [3.05, 3.63) is 29.3 Å².